The molecule has 1 amide bonds. The first-order valence-electron chi connectivity index (χ1n) is 9.32. The zero-order valence-corrected chi connectivity index (χ0v) is 15.5. The molecule has 1 fully saturated rings. The van der Waals surface area contributed by atoms with E-state index < -0.39 is 5.82 Å². The number of amides is 1. The number of carbonyl (C=O) groups is 1. The zero-order chi connectivity index (χ0) is 19.7. The highest BCUT2D eigenvalue weighted by Gasteiger charge is 2.21. The van der Waals surface area contributed by atoms with Gasteiger partial charge >= 0.3 is 0 Å². The monoisotopic (exact) mass is 380 g/mol. The highest BCUT2D eigenvalue weighted by Crippen LogP contribution is 2.36. The van der Waals surface area contributed by atoms with Crippen molar-refractivity contribution in [1.82, 2.24) is 9.88 Å². The third kappa shape index (κ3) is 3.60. The van der Waals surface area contributed by atoms with Crippen LogP contribution in [0.4, 0.5) is 15.8 Å². The van der Waals surface area contributed by atoms with Crippen LogP contribution in [0.2, 0.25) is 0 Å². The van der Waals surface area contributed by atoms with Crippen molar-refractivity contribution in [3.8, 4) is 5.88 Å². The maximum Gasteiger partial charge on any atom is 0.253 e. The molecule has 144 valence electrons. The Balaban J connectivity index is 1.51. The number of aromatic hydroxyl groups is 1. The first kappa shape index (κ1) is 18.2. The molecular formula is C21H21FN4O2. The summed E-state index contributed by atoms with van der Waals surface area (Å²) in [6.45, 7) is 3.79. The number of benzene rings is 2. The van der Waals surface area contributed by atoms with E-state index in [0.717, 1.165) is 25.9 Å². The lowest BCUT2D eigenvalue weighted by Crippen LogP contribution is -2.37. The Morgan fingerprint density at radius 1 is 1.14 bits per heavy atom. The normalized spacial score (nSPS) is 15.6. The van der Waals surface area contributed by atoms with E-state index in [1.807, 2.05) is 4.90 Å². The number of aromatic amines is 1. The number of nitrogens with one attached hydrogen (secondary N) is 1. The molecule has 1 aromatic heterocycles. The van der Waals surface area contributed by atoms with Gasteiger partial charge < -0.3 is 15.0 Å². The molecule has 0 spiro atoms. The standard InChI is InChI=1S/C21H21FN4O2/c1-13-8-10-26(11-9-13)21(28)14-2-5-16(6-3-14)24-25-19-17-12-15(22)4-7-18(17)23-20(19)27/h2-7,12-13,23,27H,8-11H2,1H3. The van der Waals surface area contributed by atoms with Crippen molar-refractivity contribution in [2.45, 2.75) is 19.8 Å². The molecule has 0 unspecified atom stereocenters. The summed E-state index contributed by atoms with van der Waals surface area (Å²) in [7, 11) is 0. The highest BCUT2D eigenvalue weighted by atomic mass is 19.1. The molecule has 4 rings (SSSR count). The summed E-state index contributed by atoms with van der Waals surface area (Å²) >= 11 is 0. The molecule has 2 heterocycles. The van der Waals surface area contributed by atoms with E-state index in [0.29, 0.717) is 28.1 Å². The number of fused-ring (bicyclic) bond motifs is 1. The first-order valence-corrected chi connectivity index (χ1v) is 9.32. The van der Waals surface area contributed by atoms with Gasteiger partial charge in [-0.25, -0.2) is 4.39 Å². The number of nitrogens with zero attached hydrogens (tertiary/aromatic N) is 3. The number of likely N-dealkylation sites (tertiary alicyclic amines) is 1. The Labute approximate surface area is 161 Å². The number of piperidine rings is 1. The summed E-state index contributed by atoms with van der Waals surface area (Å²) in [6.07, 6.45) is 2.07. The molecule has 2 aromatic carbocycles. The van der Waals surface area contributed by atoms with E-state index >= 15 is 0 Å². The van der Waals surface area contributed by atoms with E-state index in [4.69, 9.17) is 0 Å². The SMILES string of the molecule is CC1CCN(C(=O)c2ccc(N=Nc3c(O)[nH]c4ccc(F)cc34)cc2)CC1. The molecule has 1 aliphatic heterocycles. The molecule has 1 aliphatic rings. The largest absolute Gasteiger partial charge is 0.493 e. The van der Waals surface area contributed by atoms with Crippen molar-refractivity contribution >= 4 is 28.2 Å². The molecule has 28 heavy (non-hydrogen) atoms. The summed E-state index contributed by atoms with van der Waals surface area (Å²) in [4.78, 5) is 17.2. The Morgan fingerprint density at radius 2 is 1.86 bits per heavy atom. The molecule has 0 atom stereocenters. The predicted molar refractivity (Wildman–Crippen MR) is 105 cm³/mol. The van der Waals surface area contributed by atoms with Crippen LogP contribution < -0.4 is 0 Å². The van der Waals surface area contributed by atoms with E-state index in [2.05, 4.69) is 22.1 Å². The van der Waals surface area contributed by atoms with Crippen LogP contribution in [0.5, 0.6) is 5.88 Å². The van der Waals surface area contributed by atoms with Crippen LogP contribution in [-0.4, -0.2) is 34.0 Å². The fourth-order valence-electron chi connectivity index (χ4n) is 3.41. The van der Waals surface area contributed by atoms with Crippen molar-refractivity contribution < 1.29 is 14.3 Å². The summed E-state index contributed by atoms with van der Waals surface area (Å²) in [6, 6.07) is 11.0. The van der Waals surface area contributed by atoms with Gasteiger partial charge in [-0.3, -0.25) is 4.79 Å². The lowest BCUT2D eigenvalue weighted by molar-refractivity contribution is 0.0697. The number of H-pyrrole nitrogens is 1. The molecule has 0 radical (unpaired) electrons. The minimum atomic E-state index is -0.419. The lowest BCUT2D eigenvalue weighted by Gasteiger charge is -2.30. The number of azo groups is 1. The van der Waals surface area contributed by atoms with Gasteiger partial charge in [0.15, 0.2) is 5.69 Å². The third-order valence-electron chi connectivity index (χ3n) is 5.16. The molecule has 6 nitrogen and oxygen atoms in total. The van der Waals surface area contributed by atoms with Gasteiger partial charge in [0.1, 0.15) is 5.82 Å². The summed E-state index contributed by atoms with van der Waals surface area (Å²) in [5.41, 5.74) is 1.90. The second-order valence-corrected chi connectivity index (χ2v) is 7.23. The van der Waals surface area contributed by atoms with E-state index in [1.165, 1.54) is 18.2 Å². The van der Waals surface area contributed by atoms with Crippen molar-refractivity contribution in [1.29, 1.82) is 0 Å². The first-order chi connectivity index (χ1) is 13.5. The Morgan fingerprint density at radius 3 is 2.57 bits per heavy atom. The van der Waals surface area contributed by atoms with Crippen LogP contribution in [0.25, 0.3) is 10.9 Å². The summed E-state index contributed by atoms with van der Waals surface area (Å²) in [5.74, 6) is 0.106. The molecule has 2 N–H and O–H groups in total. The number of carbonyl (C=O) groups excluding carboxylic acids is 1. The zero-order valence-electron chi connectivity index (χ0n) is 15.5. The van der Waals surface area contributed by atoms with Crippen molar-refractivity contribution in [2.24, 2.45) is 16.1 Å². The molecule has 1 saturated heterocycles. The van der Waals surface area contributed by atoms with Crippen LogP contribution in [0.3, 0.4) is 0 Å². The van der Waals surface area contributed by atoms with Gasteiger partial charge in [-0.05, 0) is 61.2 Å². The van der Waals surface area contributed by atoms with Crippen LogP contribution in [-0.2, 0) is 0 Å². The quantitative estimate of drug-likeness (QED) is 0.605. The van der Waals surface area contributed by atoms with Gasteiger partial charge in [-0.15, -0.1) is 5.11 Å². The third-order valence-corrected chi connectivity index (χ3v) is 5.16. The fourth-order valence-corrected chi connectivity index (χ4v) is 3.41. The van der Waals surface area contributed by atoms with Gasteiger partial charge in [0.25, 0.3) is 5.91 Å². The minimum absolute atomic E-state index is 0.0279. The second-order valence-electron chi connectivity index (χ2n) is 7.23. The van der Waals surface area contributed by atoms with Gasteiger partial charge in [-0.1, -0.05) is 6.92 Å². The smallest absolute Gasteiger partial charge is 0.253 e. The van der Waals surface area contributed by atoms with Crippen molar-refractivity contribution in [2.75, 3.05) is 13.1 Å². The van der Waals surface area contributed by atoms with Gasteiger partial charge in [0.05, 0.1) is 11.2 Å². The maximum atomic E-state index is 13.5. The lowest BCUT2D eigenvalue weighted by atomic mass is 9.98. The van der Waals surface area contributed by atoms with E-state index in [1.54, 1.807) is 24.3 Å². The summed E-state index contributed by atoms with van der Waals surface area (Å²) in [5, 5.41) is 18.6. The highest BCUT2D eigenvalue weighted by molar-refractivity contribution is 5.95. The Kier molecular flexibility index (Phi) is 4.81. The van der Waals surface area contributed by atoms with Crippen LogP contribution in [0.1, 0.15) is 30.1 Å². The van der Waals surface area contributed by atoms with E-state index in [9.17, 15) is 14.3 Å². The molecule has 0 bridgehead atoms. The van der Waals surface area contributed by atoms with Crippen LogP contribution >= 0.6 is 0 Å². The van der Waals surface area contributed by atoms with E-state index in [-0.39, 0.29) is 17.5 Å². The average molecular weight is 380 g/mol. The van der Waals surface area contributed by atoms with Crippen molar-refractivity contribution in [3.05, 3.63) is 53.8 Å². The maximum absolute atomic E-state index is 13.5. The van der Waals surface area contributed by atoms with Crippen LogP contribution in [0, 0.1) is 11.7 Å². The number of hydrogen-bond donors (Lipinski definition) is 2. The molecule has 7 heteroatoms. The second kappa shape index (κ2) is 7.42. The molecule has 0 saturated carbocycles. The fraction of sp³-hybridized carbons (Fsp3) is 0.286. The van der Waals surface area contributed by atoms with Crippen LogP contribution in [0.15, 0.2) is 52.7 Å². The topological polar surface area (TPSA) is 81.1 Å². The Hall–Kier alpha value is -3.22. The molecule has 0 aliphatic carbocycles. The molecular weight excluding hydrogens is 359 g/mol. The minimum Gasteiger partial charge on any atom is -0.493 e. The van der Waals surface area contributed by atoms with Crippen molar-refractivity contribution in [3.63, 3.8) is 0 Å². The Bertz CT molecular complexity index is 1030. The number of aromatic nitrogens is 1. The number of hydrogen-bond acceptors (Lipinski definition) is 4. The van der Waals surface area contributed by atoms with Gasteiger partial charge in [-0.2, -0.15) is 5.11 Å². The molecule has 3 aromatic rings. The number of rotatable bonds is 3. The summed E-state index contributed by atoms with van der Waals surface area (Å²) < 4.78 is 13.5. The van der Waals surface area contributed by atoms with Gasteiger partial charge in [0, 0.05) is 24.0 Å². The van der Waals surface area contributed by atoms with Gasteiger partial charge in [0.2, 0.25) is 5.88 Å². The average Bonchev–Trinajstić information content (AvgIpc) is 3.01. The number of halogens is 1. The predicted octanol–water partition coefficient (Wildman–Crippen LogP) is 5.30.